The molecule has 0 heterocycles. The van der Waals surface area contributed by atoms with Crippen LogP contribution in [0.5, 0.6) is 0 Å². The van der Waals surface area contributed by atoms with Crippen molar-refractivity contribution in [2.45, 2.75) is 38.0 Å². The molecule has 0 aromatic heterocycles. The van der Waals surface area contributed by atoms with E-state index in [1.165, 1.54) is 102 Å². The summed E-state index contributed by atoms with van der Waals surface area (Å²) in [5.74, 6) is 0. The van der Waals surface area contributed by atoms with Crippen molar-refractivity contribution < 1.29 is 0 Å². The fourth-order valence-electron chi connectivity index (χ4n) is 10.3. The zero-order valence-corrected chi connectivity index (χ0v) is 31.1. The third kappa shape index (κ3) is 4.72. The van der Waals surface area contributed by atoms with Crippen LogP contribution in [0.4, 0.5) is 17.1 Å². The van der Waals surface area contributed by atoms with Crippen LogP contribution in [-0.2, 0) is 18.3 Å². The number of aryl methyl sites for hydroxylation is 2. The van der Waals surface area contributed by atoms with Gasteiger partial charge in [-0.3, -0.25) is 0 Å². The van der Waals surface area contributed by atoms with E-state index in [0.29, 0.717) is 0 Å². The van der Waals surface area contributed by atoms with Crippen LogP contribution in [-0.4, -0.2) is 0 Å². The van der Waals surface area contributed by atoms with Gasteiger partial charge in [-0.15, -0.1) is 0 Å². The SMILES string of the molecule is Cc1ccc2c(c1-c1cc3c(cc1N(c1ccccc1)c1ccc(-c4ccccc4)cc1)C1(c4ccccc4-c4ccccc41)c1ccccc1-3)CCCC2. The molecule has 8 aromatic rings. The molecule has 1 heteroatoms. The van der Waals surface area contributed by atoms with Gasteiger partial charge in [-0.1, -0.05) is 146 Å². The Morgan fingerprint density at radius 2 is 0.945 bits per heavy atom. The van der Waals surface area contributed by atoms with E-state index in [2.05, 4.69) is 194 Å². The van der Waals surface area contributed by atoms with Crippen molar-refractivity contribution in [2.24, 2.45) is 0 Å². The Hall–Kier alpha value is -6.44. The molecule has 55 heavy (non-hydrogen) atoms. The van der Waals surface area contributed by atoms with Gasteiger partial charge < -0.3 is 4.90 Å². The number of nitrogens with zero attached hydrogens (tertiary/aromatic N) is 1. The molecule has 0 saturated heterocycles. The van der Waals surface area contributed by atoms with E-state index < -0.39 is 5.41 Å². The minimum atomic E-state index is -0.433. The first kappa shape index (κ1) is 32.0. The number of hydrogen-bond acceptors (Lipinski definition) is 1. The lowest BCUT2D eigenvalue weighted by Crippen LogP contribution is -2.26. The van der Waals surface area contributed by atoms with Crippen LogP contribution >= 0.6 is 0 Å². The maximum absolute atomic E-state index is 2.59. The summed E-state index contributed by atoms with van der Waals surface area (Å²) in [5.41, 5.74) is 23.4. The molecule has 0 unspecified atom stereocenters. The number of anilines is 3. The Bertz CT molecular complexity index is 2710. The normalized spacial score (nSPS) is 14.1. The number of rotatable bonds is 5. The maximum atomic E-state index is 2.59. The van der Waals surface area contributed by atoms with Crippen LogP contribution in [0.25, 0.3) is 44.5 Å². The molecule has 0 bridgehead atoms. The molecule has 11 rings (SSSR count). The van der Waals surface area contributed by atoms with Gasteiger partial charge in [0.05, 0.1) is 11.1 Å². The standard InChI is InChI=1S/C54H41N/c1-36-28-29-39-18-8-9-21-42(39)53(36)47-34-46-45-24-12-15-27-50(45)54(48-25-13-10-22-43(48)44-23-11-14-26-49(44)54)51(46)35-52(47)55(40-19-6-3-7-20-40)41-32-30-38(31-33-41)37-16-4-2-5-17-37/h2-7,10-17,19-20,22-35H,8-9,18,21H2,1H3. The van der Waals surface area contributed by atoms with Crippen molar-refractivity contribution in [3.05, 3.63) is 221 Å². The molecular weight excluding hydrogens is 663 g/mol. The first-order chi connectivity index (χ1) is 27.2. The highest BCUT2D eigenvalue weighted by atomic mass is 15.1. The Morgan fingerprint density at radius 1 is 0.418 bits per heavy atom. The van der Waals surface area contributed by atoms with Gasteiger partial charge in [0.25, 0.3) is 0 Å². The molecule has 0 amide bonds. The first-order valence-electron chi connectivity index (χ1n) is 19.8. The molecular formula is C54H41N. The van der Waals surface area contributed by atoms with Gasteiger partial charge in [-0.25, -0.2) is 0 Å². The lowest BCUT2D eigenvalue weighted by atomic mass is 9.70. The summed E-state index contributed by atoms with van der Waals surface area (Å²) < 4.78 is 0. The molecule has 1 spiro atoms. The van der Waals surface area contributed by atoms with E-state index in [4.69, 9.17) is 0 Å². The molecule has 0 fully saturated rings. The van der Waals surface area contributed by atoms with E-state index in [1.807, 2.05) is 0 Å². The number of benzene rings is 8. The van der Waals surface area contributed by atoms with Gasteiger partial charge in [0, 0.05) is 16.9 Å². The maximum Gasteiger partial charge on any atom is 0.0726 e. The molecule has 0 N–H and O–H groups in total. The average Bonchev–Trinajstić information content (AvgIpc) is 3.71. The lowest BCUT2D eigenvalue weighted by Gasteiger charge is -2.34. The minimum absolute atomic E-state index is 0.433. The second-order valence-electron chi connectivity index (χ2n) is 15.5. The molecule has 0 aliphatic heterocycles. The van der Waals surface area contributed by atoms with Crippen LogP contribution < -0.4 is 4.90 Å². The molecule has 0 radical (unpaired) electrons. The summed E-state index contributed by atoms with van der Waals surface area (Å²) in [7, 11) is 0. The summed E-state index contributed by atoms with van der Waals surface area (Å²) in [5, 5.41) is 0. The largest absolute Gasteiger partial charge is 0.310 e. The molecule has 1 nitrogen and oxygen atoms in total. The highest BCUT2D eigenvalue weighted by Gasteiger charge is 2.52. The minimum Gasteiger partial charge on any atom is -0.310 e. The van der Waals surface area contributed by atoms with Crippen molar-refractivity contribution in [3.63, 3.8) is 0 Å². The highest BCUT2D eigenvalue weighted by molar-refractivity contribution is 6.01. The molecule has 0 saturated carbocycles. The highest BCUT2D eigenvalue weighted by Crippen LogP contribution is 2.64. The molecule has 262 valence electrons. The number of hydrogen-bond donors (Lipinski definition) is 0. The van der Waals surface area contributed by atoms with Gasteiger partial charge >= 0.3 is 0 Å². The van der Waals surface area contributed by atoms with Crippen LogP contribution in [0.2, 0.25) is 0 Å². The third-order valence-corrected chi connectivity index (χ3v) is 12.6. The first-order valence-corrected chi connectivity index (χ1v) is 19.8. The summed E-state index contributed by atoms with van der Waals surface area (Å²) in [6.45, 7) is 2.32. The van der Waals surface area contributed by atoms with Crippen molar-refractivity contribution in [1.82, 2.24) is 0 Å². The predicted octanol–water partition coefficient (Wildman–Crippen LogP) is 14.0. The molecule has 0 atom stereocenters. The quantitative estimate of drug-likeness (QED) is 0.172. The van der Waals surface area contributed by atoms with Gasteiger partial charge in [0.2, 0.25) is 0 Å². The molecule has 3 aliphatic carbocycles. The van der Waals surface area contributed by atoms with Crippen LogP contribution in [0.3, 0.4) is 0 Å². The summed E-state index contributed by atoms with van der Waals surface area (Å²) in [6, 6.07) is 68.3. The van der Waals surface area contributed by atoms with Gasteiger partial charge in [0.1, 0.15) is 0 Å². The van der Waals surface area contributed by atoms with E-state index in [1.54, 1.807) is 0 Å². The smallest absolute Gasteiger partial charge is 0.0726 e. The van der Waals surface area contributed by atoms with E-state index >= 15 is 0 Å². The Labute approximate surface area is 324 Å². The van der Waals surface area contributed by atoms with Crippen molar-refractivity contribution in [3.8, 4) is 44.5 Å². The molecule has 8 aromatic carbocycles. The lowest BCUT2D eigenvalue weighted by molar-refractivity contribution is 0.686. The Kier molecular flexibility index (Phi) is 7.32. The predicted molar refractivity (Wildman–Crippen MR) is 230 cm³/mol. The van der Waals surface area contributed by atoms with E-state index in [9.17, 15) is 0 Å². The van der Waals surface area contributed by atoms with Gasteiger partial charge in [-0.2, -0.15) is 0 Å². The zero-order valence-electron chi connectivity index (χ0n) is 31.1. The monoisotopic (exact) mass is 703 g/mol. The number of para-hydroxylation sites is 1. The number of fused-ring (bicyclic) bond motifs is 11. The molecule has 3 aliphatic rings. The second-order valence-corrected chi connectivity index (χ2v) is 15.5. The van der Waals surface area contributed by atoms with Crippen LogP contribution in [0.1, 0.15) is 51.8 Å². The summed E-state index contributed by atoms with van der Waals surface area (Å²) in [4.78, 5) is 2.52. The Morgan fingerprint density at radius 3 is 1.60 bits per heavy atom. The van der Waals surface area contributed by atoms with Crippen LogP contribution in [0, 0.1) is 6.92 Å². The van der Waals surface area contributed by atoms with Crippen molar-refractivity contribution >= 4 is 17.1 Å². The van der Waals surface area contributed by atoms with Gasteiger partial charge in [-0.05, 0) is 147 Å². The zero-order chi connectivity index (χ0) is 36.5. The van der Waals surface area contributed by atoms with E-state index in [-0.39, 0.29) is 0 Å². The van der Waals surface area contributed by atoms with Gasteiger partial charge in [0.15, 0.2) is 0 Å². The Balaban J connectivity index is 1.26. The summed E-state index contributed by atoms with van der Waals surface area (Å²) >= 11 is 0. The van der Waals surface area contributed by atoms with Crippen molar-refractivity contribution in [1.29, 1.82) is 0 Å². The van der Waals surface area contributed by atoms with Crippen molar-refractivity contribution in [2.75, 3.05) is 4.90 Å². The van der Waals surface area contributed by atoms with E-state index in [0.717, 1.165) is 24.2 Å². The second kappa shape index (κ2) is 12.6. The average molecular weight is 704 g/mol. The fourth-order valence-corrected chi connectivity index (χ4v) is 10.3. The third-order valence-electron chi connectivity index (χ3n) is 12.6. The topological polar surface area (TPSA) is 3.24 Å². The fraction of sp³-hybridized carbons (Fsp3) is 0.111. The van der Waals surface area contributed by atoms with Crippen LogP contribution in [0.15, 0.2) is 182 Å². The summed E-state index contributed by atoms with van der Waals surface area (Å²) in [6.07, 6.45) is 4.74.